The Labute approximate surface area is 117 Å². The average molecular weight is 268 g/mol. The van der Waals surface area contributed by atoms with E-state index < -0.39 is 0 Å². The van der Waals surface area contributed by atoms with E-state index in [9.17, 15) is 0 Å². The van der Waals surface area contributed by atoms with Crippen LogP contribution in [0.5, 0.6) is 5.75 Å². The fourth-order valence-electron chi connectivity index (χ4n) is 2.34. The topological polar surface area (TPSA) is 61.3 Å². The molecule has 0 fully saturated rings. The molecule has 1 atom stereocenters. The Morgan fingerprint density at radius 2 is 2.10 bits per heavy atom. The Morgan fingerprint density at radius 3 is 2.80 bits per heavy atom. The number of nitrogens with zero attached hydrogens (tertiary/aromatic N) is 1. The predicted molar refractivity (Wildman–Crippen MR) is 77.8 cm³/mol. The van der Waals surface area contributed by atoms with Crippen molar-refractivity contribution in [1.82, 2.24) is 4.98 Å². The number of nitrogens with two attached hydrogens (primary N) is 1. The molecule has 0 aliphatic carbocycles. The minimum Gasteiger partial charge on any atom is -0.497 e. The molecule has 0 saturated carbocycles. The molecular formula is C16H16N2O2. The first kappa shape index (κ1) is 12.7. The van der Waals surface area contributed by atoms with Crippen molar-refractivity contribution in [3.63, 3.8) is 0 Å². The van der Waals surface area contributed by atoms with Gasteiger partial charge in [-0.25, -0.2) is 0 Å². The first-order chi connectivity index (χ1) is 9.70. The quantitative estimate of drug-likeness (QED) is 0.792. The van der Waals surface area contributed by atoms with Crippen molar-refractivity contribution in [2.45, 2.75) is 13.0 Å². The SMILES string of the molecule is COc1ccc2c(C)c(C(N)c3ccccn3)oc2c1. The molecular weight excluding hydrogens is 252 g/mol. The molecule has 0 aliphatic heterocycles. The van der Waals surface area contributed by atoms with Gasteiger partial charge in [-0.3, -0.25) is 4.98 Å². The highest BCUT2D eigenvalue weighted by Gasteiger charge is 2.19. The molecule has 1 unspecified atom stereocenters. The van der Waals surface area contributed by atoms with Gasteiger partial charge in [0.05, 0.1) is 12.8 Å². The molecule has 0 bridgehead atoms. The molecule has 0 spiro atoms. The fraction of sp³-hybridized carbons (Fsp3) is 0.188. The Balaban J connectivity index is 2.10. The van der Waals surface area contributed by atoms with E-state index >= 15 is 0 Å². The van der Waals surface area contributed by atoms with Crippen molar-refractivity contribution in [1.29, 1.82) is 0 Å². The summed E-state index contributed by atoms with van der Waals surface area (Å²) in [4.78, 5) is 4.29. The highest BCUT2D eigenvalue weighted by atomic mass is 16.5. The molecule has 0 amide bonds. The molecule has 20 heavy (non-hydrogen) atoms. The zero-order valence-corrected chi connectivity index (χ0v) is 11.5. The maximum absolute atomic E-state index is 6.26. The van der Waals surface area contributed by atoms with Crippen LogP contribution >= 0.6 is 0 Å². The van der Waals surface area contributed by atoms with Gasteiger partial charge in [0.2, 0.25) is 0 Å². The number of ether oxygens (including phenoxy) is 1. The standard InChI is InChI=1S/C16H16N2O2/c1-10-12-7-6-11(19-2)9-14(12)20-16(10)15(17)13-5-3-4-8-18-13/h3-9,15H,17H2,1-2H3. The molecule has 4 nitrogen and oxygen atoms in total. The van der Waals surface area contributed by atoms with Crippen molar-refractivity contribution >= 4 is 11.0 Å². The fourth-order valence-corrected chi connectivity index (χ4v) is 2.34. The molecule has 0 aliphatic rings. The van der Waals surface area contributed by atoms with E-state index in [1.165, 1.54) is 0 Å². The van der Waals surface area contributed by atoms with Crippen LogP contribution < -0.4 is 10.5 Å². The molecule has 2 heterocycles. The molecule has 0 saturated heterocycles. The monoisotopic (exact) mass is 268 g/mol. The smallest absolute Gasteiger partial charge is 0.138 e. The van der Waals surface area contributed by atoms with Crippen LogP contribution in [0.3, 0.4) is 0 Å². The number of hydrogen-bond donors (Lipinski definition) is 1. The summed E-state index contributed by atoms with van der Waals surface area (Å²) in [5.74, 6) is 1.51. The lowest BCUT2D eigenvalue weighted by Crippen LogP contribution is -2.13. The van der Waals surface area contributed by atoms with Crippen molar-refractivity contribution in [3.05, 3.63) is 59.6 Å². The van der Waals surface area contributed by atoms with Gasteiger partial charge in [0, 0.05) is 23.2 Å². The van der Waals surface area contributed by atoms with E-state index in [4.69, 9.17) is 14.9 Å². The lowest BCUT2D eigenvalue weighted by Gasteiger charge is -2.08. The highest BCUT2D eigenvalue weighted by Crippen LogP contribution is 2.32. The molecule has 1 aromatic carbocycles. The number of pyridine rings is 1. The third-order valence-corrected chi connectivity index (χ3v) is 3.47. The third-order valence-electron chi connectivity index (χ3n) is 3.47. The van der Waals surface area contributed by atoms with Crippen molar-refractivity contribution in [3.8, 4) is 5.75 Å². The molecule has 2 N–H and O–H groups in total. The summed E-state index contributed by atoms with van der Waals surface area (Å²) in [6.45, 7) is 2.01. The van der Waals surface area contributed by atoms with Gasteiger partial charge in [0.15, 0.2) is 0 Å². The maximum Gasteiger partial charge on any atom is 0.138 e. The zero-order valence-electron chi connectivity index (χ0n) is 11.5. The molecule has 3 aromatic rings. The Morgan fingerprint density at radius 1 is 1.25 bits per heavy atom. The lowest BCUT2D eigenvalue weighted by atomic mass is 10.1. The molecule has 2 aromatic heterocycles. The number of rotatable bonds is 3. The Kier molecular flexibility index (Phi) is 3.16. The first-order valence-corrected chi connectivity index (χ1v) is 6.44. The van der Waals surface area contributed by atoms with E-state index in [-0.39, 0.29) is 6.04 Å². The van der Waals surface area contributed by atoms with Crippen LogP contribution in [0.1, 0.15) is 23.1 Å². The van der Waals surface area contributed by atoms with Gasteiger partial charge in [-0.15, -0.1) is 0 Å². The number of hydrogen-bond acceptors (Lipinski definition) is 4. The van der Waals surface area contributed by atoms with E-state index in [1.54, 1.807) is 13.3 Å². The largest absolute Gasteiger partial charge is 0.497 e. The van der Waals surface area contributed by atoms with E-state index in [0.29, 0.717) is 0 Å². The highest BCUT2D eigenvalue weighted by molar-refractivity contribution is 5.83. The summed E-state index contributed by atoms with van der Waals surface area (Å²) in [5.41, 5.74) is 8.88. The lowest BCUT2D eigenvalue weighted by molar-refractivity contribution is 0.414. The maximum atomic E-state index is 6.26. The Bertz CT molecular complexity index is 735. The van der Waals surface area contributed by atoms with Gasteiger partial charge >= 0.3 is 0 Å². The van der Waals surface area contributed by atoms with Crippen molar-refractivity contribution < 1.29 is 9.15 Å². The molecule has 4 heteroatoms. The minimum absolute atomic E-state index is 0.366. The van der Waals surface area contributed by atoms with E-state index in [1.807, 2.05) is 43.3 Å². The Hall–Kier alpha value is -2.33. The number of aromatic nitrogens is 1. The first-order valence-electron chi connectivity index (χ1n) is 6.44. The van der Waals surface area contributed by atoms with E-state index in [2.05, 4.69) is 4.98 Å². The molecule has 102 valence electrons. The summed E-state index contributed by atoms with van der Waals surface area (Å²) >= 11 is 0. The summed E-state index contributed by atoms with van der Waals surface area (Å²) in [5, 5.41) is 1.05. The van der Waals surface area contributed by atoms with E-state index in [0.717, 1.165) is 33.7 Å². The number of fused-ring (bicyclic) bond motifs is 1. The summed E-state index contributed by atoms with van der Waals surface area (Å²) in [7, 11) is 1.64. The summed E-state index contributed by atoms with van der Waals surface area (Å²) in [6, 6.07) is 11.1. The number of methoxy groups -OCH3 is 1. The van der Waals surface area contributed by atoms with Crippen LogP contribution in [0.2, 0.25) is 0 Å². The molecule has 0 radical (unpaired) electrons. The summed E-state index contributed by atoms with van der Waals surface area (Å²) < 4.78 is 11.1. The van der Waals surface area contributed by atoms with Crippen LogP contribution in [-0.2, 0) is 0 Å². The van der Waals surface area contributed by atoms with Gasteiger partial charge in [-0.1, -0.05) is 6.07 Å². The second-order valence-corrected chi connectivity index (χ2v) is 4.69. The van der Waals surface area contributed by atoms with Crippen LogP contribution in [-0.4, -0.2) is 12.1 Å². The summed E-state index contributed by atoms with van der Waals surface area (Å²) in [6.07, 6.45) is 1.73. The zero-order chi connectivity index (χ0) is 14.1. The third kappa shape index (κ3) is 2.04. The van der Waals surface area contributed by atoms with Crippen molar-refractivity contribution in [2.75, 3.05) is 7.11 Å². The predicted octanol–water partition coefficient (Wildman–Crippen LogP) is 3.19. The normalized spacial score (nSPS) is 12.6. The van der Waals surface area contributed by atoms with Crippen LogP contribution in [0.25, 0.3) is 11.0 Å². The van der Waals surface area contributed by atoms with Gasteiger partial charge in [-0.2, -0.15) is 0 Å². The second-order valence-electron chi connectivity index (χ2n) is 4.69. The number of furan rings is 1. The average Bonchev–Trinajstić information content (AvgIpc) is 2.84. The van der Waals surface area contributed by atoms with Gasteiger partial charge < -0.3 is 14.9 Å². The van der Waals surface area contributed by atoms with Crippen molar-refractivity contribution in [2.24, 2.45) is 5.73 Å². The number of aryl methyl sites for hydroxylation is 1. The van der Waals surface area contributed by atoms with Crippen LogP contribution in [0, 0.1) is 6.92 Å². The number of benzene rings is 1. The van der Waals surface area contributed by atoms with Gasteiger partial charge in [-0.05, 0) is 31.2 Å². The van der Waals surface area contributed by atoms with Gasteiger partial charge in [0.1, 0.15) is 23.1 Å². The van der Waals surface area contributed by atoms with Crippen LogP contribution in [0.15, 0.2) is 47.0 Å². The minimum atomic E-state index is -0.366. The molecule has 3 rings (SSSR count). The second kappa shape index (κ2) is 4.98. The van der Waals surface area contributed by atoms with Gasteiger partial charge in [0.25, 0.3) is 0 Å². The van der Waals surface area contributed by atoms with Crippen LogP contribution in [0.4, 0.5) is 0 Å².